The van der Waals surface area contributed by atoms with E-state index in [1.165, 1.54) is 32.1 Å². The van der Waals surface area contributed by atoms with Crippen LogP contribution in [-0.4, -0.2) is 0 Å². The van der Waals surface area contributed by atoms with Gasteiger partial charge in [0.15, 0.2) is 0 Å². The Labute approximate surface area is 90.4 Å². The molecule has 0 aliphatic heterocycles. The van der Waals surface area contributed by atoms with E-state index in [4.69, 9.17) is 0 Å². The predicted molar refractivity (Wildman–Crippen MR) is 68.6 cm³/mol. The summed E-state index contributed by atoms with van der Waals surface area (Å²) in [5.74, 6) is 0. The predicted octanol–water partition coefficient (Wildman–Crippen LogP) is 5.28. The molecule has 82 valence electrons. The largest absolute Gasteiger partial charge is 0.103 e. The lowest BCUT2D eigenvalue weighted by molar-refractivity contribution is 0.764. The van der Waals surface area contributed by atoms with Gasteiger partial charge in [0.2, 0.25) is 0 Å². The highest BCUT2D eigenvalue weighted by atomic mass is 13.9. The molecular weight excluding hydrogens is 168 g/mol. The van der Waals surface area contributed by atoms with Gasteiger partial charge in [0.05, 0.1) is 0 Å². The quantitative estimate of drug-likeness (QED) is 0.364. The molecule has 0 heterocycles. The van der Waals surface area contributed by atoms with Gasteiger partial charge < -0.3 is 0 Å². The van der Waals surface area contributed by atoms with Gasteiger partial charge >= 0.3 is 0 Å². The molecule has 0 aliphatic rings. The van der Waals surface area contributed by atoms with Crippen molar-refractivity contribution in [3.63, 3.8) is 0 Å². The van der Waals surface area contributed by atoms with Crippen molar-refractivity contribution in [2.75, 3.05) is 0 Å². The first kappa shape index (κ1) is 15.7. The third kappa shape index (κ3) is 22.5. The zero-order valence-corrected chi connectivity index (χ0v) is 9.80. The van der Waals surface area contributed by atoms with E-state index in [0.29, 0.717) is 0 Å². The molecule has 0 amide bonds. The Morgan fingerprint density at radius 1 is 0.714 bits per heavy atom. The van der Waals surface area contributed by atoms with Crippen LogP contribution in [0.15, 0.2) is 38.0 Å². The second-order valence-electron chi connectivity index (χ2n) is 3.29. The molecule has 0 radical (unpaired) electrons. The standard InChI is InChI=1S/C8H14.C6H12/c1-3-5-7-8-6-4-2;1-3-5-6-4-2/h3-4H,1-2,5-8H2;3H,1,4-6H2,2H3. The van der Waals surface area contributed by atoms with Crippen molar-refractivity contribution in [2.24, 2.45) is 0 Å². The summed E-state index contributed by atoms with van der Waals surface area (Å²) < 4.78 is 0. The van der Waals surface area contributed by atoms with E-state index in [1.54, 1.807) is 0 Å². The highest BCUT2D eigenvalue weighted by Crippen LogP contribution is 1.99. The van der Waals surface area contributed by atoms with Gasteiger partial charge in [0.1, 0.15) is 0 Å². The molecule has 0 heteroatoms. The Balaban J connectivity index is 0. The van der Waals surface area contributed by atoms with Crippen molar-refractivity contribution in [1.82, 2.24) is 0 Å². The smallest absolute Gasteiger partial charge is 0.0353 e. The second kappa shape index (κ2) is 18.1. The Morgan fingerprint density at radius 2 is 1.07 bits per heavy atom. The molecule has 0 atom stereocenters. The van der Waals surface area contributed by atoms with Gasteiger partial charge in [-0.25, -0.2) is 0 Å². The Kier molecular flexibility index (Phi) is 20.3. The van der Waals surface area contributed by atoms with Crippen molar-refractivity contribution >= 4 is 0 Å². The number of hydrogen-bond donors (Lipinski definition) is 0. The lowest BCUT2D eigenvalue weighted by Crippen LogP contribution is -1.69. The molecule has 0 bridgehead atoms. The molecule has 0 rings (SSSR count). The van der Waals surface area contributed by atoms with Gasteiger partial charge in [-0.3, -0.25) is 0 Å². The number of hydrogen-bond acceptors (Lipinski definition) is 0. The molecule has 0 saturated carbocycles. The van der Waals surface area contributed by atoms with Crippen LogP contribution >= 0.6 is 0 Å². The van der Waals surface area contributed by atoms with Crippen LogP contribution in [0.5, 0.6) is 0 Å². The van der Waals surface area contributed by atoms with E-state index in [9.17, 15) is 0 Å². The minimum absolute atomic E-state index is 1.15. The molecule has 0 saturated heterocycles. The molecule has 0 fully saturated rings. The monoisotopic (exact) mass is 194 g/mol. The molecular formula is C14H26. The van der Waals surface area contributed by atoms with Crippen LogP contribution in [-0.2, 0) is 0 Å². The Bertz CT molecular complexity index is 112. The van der Waals surface area contributed by atoms with Crippen LogP contribution in [0.25, 0.3) is 0 Å². The van der Waals surface area contributed by atoms with Gasteiger partial charge in [-0.05, 0) is 32.1 Å². The number of unbranched alkanes of at least 4 members (excludes halogenated alkanes) is 5. The summed E-state index contributed by atoms with van der Waals surface area (Å²) in [6, 6.07) is 0. The lowest BCUT2D eigenvalue weighted by Gasteiger charge is -1.89. The van der Waals surface area contributed by atoms with Crippen LogP contribution < -0.4 is 0 Å². The first-order chi connectivity index (χ1) is 6.83. The van der Waals surface area contributed by atoms with E-state index in [2.05, 4.69) is 26.7 Å². The number of rotatable bonds is 8. The molecule has 0 unspecified atom stereocenters. The SMILES string of the molecule is C=CCCCC.C=CCCCCC=C. The molecule has 0 aromatic rings. The van der Waals surface area contributed by atoms with Gasteiger partial charge in [0.25, 0.3) is 0 Å². The van der Waals surface area contributed by atoms with Crippen LogP contribution in [0.1, 0.15) is 51.9 Å². The third-order valence-electron chi connectivity index (χ3n) is 1.83. The fourth-order valence-corrected chi connectivity index (χ4v) is 0.926. The van der Waals surface area contributed by atoms with Gasteiger partial charge in [0, 0.05) is 0 Å². The van der Waals surface area contributed by atoms with Crippen molar-refractivity contribution in [3.8, 4) is 0 Å². The summed E-state index contributed by atoms with van der Waals surface area (Å²) in [7, 11) is 0. The van der Waals surface area contributed by atoms with Gasteiger partial charge in [-0.1, -0.05) is 38.0 Å². The maximum absolute atomic E-state index is 3.63. The fourth-order valence-electron chi connectivity index (χ4n) is 0.926. The minimum Gasteiger partial charge on any atom is -0.103 e. The van der Waals surface area contributed by atoms with Crippen LogP contribution in [0.2, 0.25) is 0 Å². The zero-order valence-electron chi connectivity index (χ0n) is 9.80. The topological polar surface area (TPSA) is 0 Å². The van der Waals surface area contributed by atoms with Gasteiger partial charge in [-0.15, -0.1) is 19.7 Å². The molecule has 0 aromatic heterocycles. The molecule has 0 spiro atoms. The first-order valence-corrected chi connectivity index (χ1v) is 5.66. The van der Waals surface area contributed by atoms with Crippen molar-refractivity contribution < 1.29 is 0 Å². The summed E-state index contributed by atoms with van der Waals surface area (Å²) in [5, 5.41) is 0. The lowest BCUT2D eigenvalue weighted by atomic mass is 10.2. The first-order valence-electron chi connectivity index (χ1n) is 5.66. The Morgan fingerprint density at radius 3 is 1.29 bits per heavy atom. The van der Waals surface area contributed by atoms with Gasteiger partial charge in [-0.2, -0.15) is 0 Å². The highest BCUT2D eigenvalue weighted by Gasteiger charge is 1.79. The summed E-state index contributed by atoms with van der Waals surface area (Å²) in [6.07, 6.45) is 14.5. The zero-order chi connectivity index (χ0) is 11.1. The highest BCUT2D eigenvalue weighted by molar-refractivity contribution is 4.69. The number of allylic oxidation sites excluding steroid dienone is 3. The maximum atomic E-state index is 3.63. The minimum atomic E-state index is 1.15. The molecule has 0 nitrogen and oxygen atoms in total. The van der Waals surface area contributed by atoms with E-state index in [-0.39, 0.29) is 0 Å². The third-order valence-corrected chi connectivity index (χ3v) is 1.83. The molecule has 0 aliphatic carbocycles. The van der Waals surface area contributed by atoms with E-state index >= 15 is 0 Å². The molecule has 0 N–H and O–H groups in total. The van der Waals surface area contributed by atoms with E-state index in [0.717, 1.165) is 12.8 Å². The normalized spacial score (nSPS) is 8.36. The van der Waals surface area contributed by atoms with Crippen LogP contribution in [0.4, 0.5) is 0 Å². The summed E-state index contributed by atoms with van der Waals surface area (Å²) in [5.41, 5.74) is 0. The van der Waals surface area contributed by atoms with E-state index < -0.39 is 0 Å². The molecule has 0 aromatic carbocycles. The summed E-state index contributed by atoms with van der Waals surface area (Å²) >= 11 is 0. The van der Waals surface area contributed by atoms with Crippen molar-refractivity contribution in [3.05, 3.63) is 38.0 Å². The average molecular weight is 194 g/mol. The summed E-state index contributed by atoms with van der Waals surface area (Å²) in [4.78, 5) is 0. The van der Waals surface area contributed by atoms with Crippen molar-refractivity contribution in [2.45, 2.75) is 51.9 Å². The summed E-state index contributed by atoms with van der Waals surface area (Å²) in [6.45, 7) is 13.0. The van der Waals surface area contributed by atoms with E-state index in [1.807, 2.05) is 18.2 Å². The second-order valence-corrected chi connectivity index (χ2v) is 3.29. The van der Waals surface area contributed by atoms with Crippen LogP contribution in [0.3, 0.4) is 0 Å². The van der Waals surface area contributed by atoms with Crippen molar-refractivity contribution in [1.29, 1.82) is 0 Å². The fraction of sp³-hybridized carbons (Fsp3) is 0.571. The van der Waals surface area contributed by atoms with Crippen LogP contribution in [0, 0.1) is 0 Å². The maximum Gasteiger partial charge on any atom is -0.0353 e. The molecule has 14 heavy (non-hydrogen) atoms. The Hall–Kier alpha value is -0.780. The average Bonchev–Trinajstić information content (AvgIpc) is 2.22.